The summed E-state index contributed by atoms with van der Waals surface area (Å²) in [5, 5.41) is -3.85. The van der Waals surface area contributed by atoms with Gasteiger partial charge in [-0.05, 0) is 42.8 Å². The van der Waals surface area contributed by atoms with Crippen molar-refractivity contribution in [3.8, 4) is 0 Å². The molecule has 0 saturated carbocycles. The third kappa shape index (κ3) is 4.84. The lowest BCUT2D eigenvalue weighted by atomic mass is 10.2. The molecule has 0 aromatic heterocycles. The van der Waals surface area contributed by atoms with Gasteiger partial charge >= 0.3 is 5.38 Å². The standard InChI is InChI=1S/C16H14ClF2NO2S/c1-12-7-9-14(10-8-12)23(21,22)11-15(16(17,18)19)20-13-5-3-2-4-6-13/h2-10H,11H2,1H3. The number of alkyl halides is 3. The molecule has 0 heterocycles. The van der Waals surface area contributed by atoms with Crippen LogP contribution >= 0.6 is 11.6 Å². The van der Waals surface area contributed by atoms with Gasteiger partial charge in [-0.1, -0.05) is 35.9 Å². The molecule has 2 aromatic rings. The van der Waals surface area contributed by atoms with Gasteiger partial charge in [-0.2, -0.15) is 8.78 Å². The van der Waals surface area contributed by atoms with Crippen molar-refractivity contribution in [2.75, 3.05) is 5.75 Å². The zero-order valence-corrected chi connectivity index (χ0v) is 13.8. The predicted molar refractivity (Wildman–Crippen MR) is 87.6 cm³/mol. The van der Waals surface area contributed by atoms with Crippen LogP contribution in [-0.2, 0) is 9.84 Å². The molecule has 0 aliphatic carbocycles. The largest absolute Gasteiger partial charge is 0.362 e. The van der Waals surface area contributed by atoms with E-state index in [1.165, 1.54) is 24.3 Å². The van der Waals surface area contributed by atoms with Crippen molar-refractivity contribution in [2.24, 2.45) is 4.99 Å². The van der Waals surface area contributed by atoms with Crippen molar-refractivity contribution in [3.05, 3.63) is 60.2 Å². The van der Waals surface area contributed by atoms with Crippen molar-refractivity contribution in [1.29, 1.82) is 0 Å². The molecular weight excluding hydrogens is 344 g/mol. The Morgan fingerprint density at radius 2 is 1.65 bits per heavy atom. The van der Waals surface area contributed by atoms with Crippen LogP contribution in [0.2, 0.25) is 0 Å². The number of hydrogen-bond donors (Lipinski definition) is 0. The van der Waals surface area contributed by atoms with Gasteiger partial charge in [0.25, 0.3) is 0 Å². The average Bonchev–Trinajstić information content (AvgIpc) is 2.47. The van der Waals surface area contributed by atoms with Crippen molar-refractivity contribution in [3.63, 3.8) is 0 Å². The Kier molecular flexibility index (Phi) is 5.16. The summed E-state index contributed by atoms with van der Waals surface area (Å²) in [6, 6.07) is 13.8. The first kappa shape index (κ1) is 17.6. The summed E-state index contributed by atoms with van der Waals surface area (Å²) in [5.41, 5.74) is 0.165. The third-order valence-corrected chi connectivity index (χ3v) is 4.92. The maximum Gasteiger partial charge on any atom is 0.362 e. The van der Waals surface area contributed by atoms with E-state index in [2.05, 4.69) is 4.99 Å². The second-order valence-electron chi connectivity index (χ2n) is 4.96. The molecule has 2 rings (SSSR count). The molecule has 0 atom stereocenters. The first-order chi connectivity index (χ1) is 10.7. The number of halogens is 3. The number of sulfone groups is 1. The summed E-state index contributed by atoms with van der Waals surface area (Å²) >= 11 is 5.04. The quantitative estimate of drug-likeness (QED) is 0.589. The molecule has 0 amide bonds. The van der Waals surface area contributed by atoms with E-state index in [1.807, 2.05) is 0 Å². The van der Waals surface area contributed by atoms with Gasteiger partial charge in [0.2, 0.25) is 0 Å². The van der Waals surface area contributed by atoms with Gasteiger partial charge in [0, 0.05) is 0 Å². The molecule has 0 radical (unpaired) electrons. The fraction of sp³-hybridized carbons (Fsp3) is 0.188. The highest BCUT2D eigenvalue weighted by molar-refractivity contribution is 7.92. The van der Waals surface area contributed by atoms with Crippen LogP contribution in [0, 0.1) is 6.92 Å². The first-order valence-corrected chi connectivity index (χ1v) is 8.71. The van der Waals surface area contributed by atoms with Crippen molar-refractivity contribution >= 4 is 32.8 Å². The monoisotopic (exact) mass is 357 g/mol. The van der Waals surface area contributed by atoms with E-state index in [0.717, 1.165) is 5.56 Å². The summed E-state index contributed by atoms with van der Waals surface area (Å²) in [5.74, 6) is -0.957. The maximum atomic E-state index is 13.6. The molecule has 3 nitrogen and oxygen atoms in total. The fourth-order valence-electron chi connectivity index (χ4n) is 1.84. The number of hydrogen-bond acceptors (Lipinski definition) is 3. The second-order valence-corrected chi connectivity index (χ2v) is 7.43. The Labute approximate surface area is 138 Å². The fourth-order valence-corrected chi connectivity index (χ4v) is 3.36. The Bertz CT molecular complexity index is 798. The van der Waals surface area contributed by atoms with Gasteiger partial charge in [-0.25, -0.2) is 13.4 Å². The van der Waals surface area contributed by atoms with Crippen LogP contribution in [0.5, 0.6) is 0 Å². The minimum atomic E-state index is -3.97. The highest BCUT2D eigenvalue weighted by Crippen LogP contribution is 2.26. The van der Waals surface area contributed by atoms with E-state index < -0.39 is 26.7 Å². The molecule has 0 spiro atoms. The van der Waals surface area contributed by atoms with Gasteiger partial charge in [-0.15, -0.1) is 0 Å². The molecule has 0 saturated heterocycles. The van der Waals surface area contributed by atoms with Crippen LogP contribution in [0.15, 0.2) is 64.5 Å². The average molecular weight is 358 g/mol. The molecule has 0 aliphatic heterocycles. The number of aryl methyl sites for hydroxylation is 1. The highest BCUT2D eigenvalue weighted by Gasteiger charge is 2.36. The third-order valence-electron chi connectivity index (χ3n) is 3.05. The molecule has 0 aliphatic rings. The van der Waals surface area contributed by atoms with Crippen LogP contribution in [-0.4, -0.2) is 25.3 Å². The van der Waals surface area contributed by atoms with Crippen LogP contribution in [0.4, 0.5) is 14.5 Å². The minimum Gasteiger partial charge on any atom is -0.249 e. The topological polar surface area (TPSA) is 46.5 Å². The Balaban J connectivity index is 2.39. The lowest BCUT2D eigenvalue weighted by molar-refractivity contribution is 0.175. The molecule has 0 fully saturated rings. The van der Waals surface area contributed by atoms with E-state index in [-0.39, 0.29) is 10.6 Å². The summed E-state index contributed by atoms with van der Waals surface area (Å²) in [6.07, 6.45) is 0. The molecule has 2 aromatic carbocycles. The van der Waals surface area contributed by atoms with Gasteiger partial charge in [-0.3, -0.25) is 0 Å². The molecule has 7 heteroatoms. The SMILES string of the molecule is Cc1ccc(S(=O)(=O)CC(=Nc2ccccc2)C(F)(F)Cl)cc1. The summed E-state index contributed by atoms with van der Waals surface area (Å²) < 4.78 is 51.7. The van der Waals surface area contributed by atoms with E-state index >= 15 is 0 Å². The molecule has 0 N–H and O–H groups in total. The predicted octanol–water partition coefficient (Wildman–Crippen LogP) is 4.37. The second kappa shape index (κ2) is 6.76. The number of aliphatic imine (C=N–C) groups is 1. The number of rotatable bonds is 5. The van der Waals surface area contributed by atoms with Crippen molar-refractivity contribution < 1.29 is 17.2 Å². The van der Waals surface area contributed by atoms with E-state index in [1.54, 1.807) is 37.3 Å². The normalized spacial score (nSPS) is 13.1. The summed E-state index contributed by atoms with van der Waals surface area (Å²) in [7, 11) is -3.97. The lowest BCUT2D eigenvalue weighted by Gasteiger charge is -2.13. The van der Waals surface area contributed by atoms with Crippen LogP contribution in [0.3, 0.4) is 0 Å². The molecular formula is C16H14ClF2NO2S. The maximum absolute atomic E-state index is 13.6. The van der Waals surface area contributed by atoms with E-state index in [9.17, 15) is 17.2 Å². The van der Waals surface area contributed by atoms with Crippen molar-refractivity contribution in [1.82, 2.24) is 0 Å². The molecule has 23 heavy (non-hydrogen) atoms. The Morgan fingerprint density at radius 1 is 1.09 bits per heavy atom. The van der Waals surface area contributed by atoms with Gasteiger partial charge in [0.1, 0.15) is 11.5 Å². The lowest BCUT2D eigenvalue weighted by Crippen LogP contribution is -2.29. The number of nitrogens with zero attached hydrogens (tertiary/aromatic N) is 1. The molecule has 122 valence electrons. The zero-order valence-electron chi connectivity index (χ0n) is 12.2. The number of benzene rings is 2. The zero-order chi connectivity index (χ0) is 17.1. The summed E-state index contributed by atoms with van der Waals surface area (Å²) in [6.45, 7) is 1.80. The number of para-hydroxylation sites is 1. The highest BCUT2D eigenvalue weighted by atomic mass is 35.5. The molecule has 0 bridgehead atoms. The molecule has 0 unspecified atom stereocenters. The van der Waals surface area contributed by atoms with Crippen LogP contribution in [0.1, 0.15) is 5.56 Å². The summed E-state index contributed by atoms with van der Waals surface area (Å²) in [4.78, 5) is 3.66. The minimum absolute atomic E-state index is 0.0511. The van der Waals surface area contributed by atoms with Gasteiger partial charge < -0.3 is 0 Å². The Hall–Kier alpha value is -1.79. The van der Waals surface area contributed by atoms with Crippen LogP contribution < -0.4 is 0 Å². The van der Waals surface area contributed by atoms with E-state index in [4.69, 9.17) is 11.6 Å². The van der Waals surface area contributed by atoms with Gasteiger partial charge in [0.15, 0.2) is 9.84 Å². The van der Waals surface area contributed by atoms with Crippen LogP contribution in [0.25, 0.3) is 0 Å². The van der Waals surface area contributed by atoms with E-state index in [0.29, 0.717) is 0 Å². The smallest absolute Gasteiger partial charge is 0.249 e. The van der Waals surface area contributed by atoms with Gasteiger partial charge in [0.05, 0.1) is 10.6 Å². The van der Waals surface area contributed by atoms with Crippen molar-refractivity contribution in [2.45, 2.75) is 17.2 Å². The Morgan fingerprint density at radius 3 is 2.17 bits per heavy atom. The first-order valence-electron chi connectivity index (χ1n) is 6.68.